The molecule has 2 heterocycles. The van der Waals surface area contributed by atoms with Crippen LogP contribution in [0.5, 0.6) is 11.5 Å². The fourth-order valence-corrected chi connectivity index (χ4v) is 4.22. The molecular weight excluding hydrogens is 392 g/mol. The minimum Gasteiger partial charge on any atom is -0.493 e. The van der Waals surface area contributed by atoms with E-state index in [1.165, 1.54) is 11.9 Å². The summed E-state index contributed by atoms with van der Waals surface area (Å²) in [7, 11) is 1.62. The zero-order valence-electron chi connectivity index (χ0n) is 17.6. The largest absolute Gasteiger partial charge is 0.493 e. The van der Waals surface area contributed by atoms with Crippen LogP contribution >= 0.6 is 0 Å². The molecule has 0 unspecified atom stereocenters. The first-order chi connectivity index (χ1) is 15.1. The van der Waals surface area contributed by atoms with Gasteiger partial charge in [-0.05, 0) is 43.0 Å². The molecule has 0 bridgehead atoms. The first-order valence-corrected chi connectivity index (χ1v) is 10.4. The molecule has 0 saturated heterocycles. The number of hydrogen-bond acceptors (Lipinski definition) is 6. The Kier molecular flexibility index (Phi) is 4.94. The summed E-state index contributed by atoms with van der Waals surface area (Å²) in [6.45, 7) is 2.51. The van der Waals surface area contributed by atoms with E-state index in [2.05, 4.69) is 46.6 Å². The number of hydrogen-bond donors (Lipinski definition) is 1. The second-order valence-corrected chi connectivity index (χ2v) is 7.91. The molecule has 158 valence electrons. The zero-order chi connectivity index (χ0) is 21.4. The lowest BCUT2D eigenvalue weighted by molar-refractivity contribution is -0.116. The number of methoxy groups -OCH3 is 1. The predicted molar refractivity (Wildman–Crippen MR) is 116 cm³/mol. The van der Waals surface area contributed by atoms with Crippen LogP contribution in [-0.4, -0.2) is 27.7 Å². The number of rotatable bonds is 5. The third kappa shape index (κ3) is 3.56. The van der Waals surface area contributed by atoms with Crippen molar-refractivity contribution in [3.8, 4) is 11.5 Å². The van der Waals surface area contributed by atoms with Crippen LogP contribution in [0.15, 0.2) is 60.1 Å². The van der Waals surface area contributed by atoms with Gasteiger partial charge in [0.1, 0.15) is 19.0 Å². The maximum Gasteiger partial charge on any atom is 0.226 e. The van der Waals surface area contributed by atoms with Gasteiger partial charge in [0, 0.05) is 17.7 Å². The fourth-order valence-electron chi connectivity index (χ4n) is 4.22. The van der Waals surface area contributed by atoms with Gasteiger partial charge < -0.3 is 14.8 Å². The molecular formula is C24H24N4O3. The summed E-state index contributed by atoms with van der Waals surface area (Å²) < 4.78 is 13.4. The van der Waals surface area contributed by atoms with Gasteiger partial charge in [-0.3, -0.25) is 4.79 Å². The summed E-state index contributed by atoms with van der Waals surface area (Å²) in [5.41, 5.74) is 4.92. The van der Waals surface area contributed by atoms with Gasteiger partial charge in [0.25, 0.3) is 0 Å². The van der Waals surface area contributed by atoms with Gasteiger partial charge in [-0.25, -0.2) is 4.68 Å². The highest BCUT2D eigenvalue weighted by atomic mass is 16.5. The van der Waals surface area contributed by atoms with Gasteiger partial charge in [0.15, 0.2) is 17.3 Å². The van der Waals surface area contributed by atoms with Crippen molar-refractivity contribution in [3.63, 3.8) is 0 Å². The molecule has 3 aromatic rings. The smallest absolute Gasteiger partial charge is 0.226 e. The Labute approximate surface area is 180 Å². The summed E-state index contributed by atoms with van der Waals surface area (Å²) >= 11 is 0. The fraction of sp³-hybridized carbons (Fsp3) is 0.292. The number of aromatic nitrogens is 3. The van der Waals surface area contributed by atoms with Crippen molar-refractivity contribution in [2.75, 3.05) is 12.4 Å². The van der Waals surface area contributed by atoms with E-state index in [-0.39, 0.29) is 11.8 Å². The molecule has 1 aromatic heterocycles. The van der Waals surface area contributed by atoms with Crippen LogP contribution in [-0.2, 0) is 11.4 Å². The Morgan fingerprint density at radius 3 is 2.77 bits per heavy atom. The van der Waals surface area contributed by atoms with Gasteiger partial charge >= 0.3 is 0 Å². The van der Waals surface area contributed by atoms with Crippen LogP contribution < -0.4 is 14.8 Å². The van der Waals surface area contributed by atoms with Crippen molar-refractivity contribution in [2.24, 2.45) is 0 Å². The number of benzene rings is 2. The molecule has 0 amide bonds. The lowest BCUT2D eigenvalue weighted by Crippen LogP contribution is -2.31. The van der Waals surface area contributed by atoms with E-state index in [9.17, 15) is 4.79 Å². The molecule has 0 radical (unpaired) electrons. The van der Waals surface area contributed by atoms with E-state index in [1.807, 2.05) is 18.2 Å². The maximum atomic E-state index is 12.8. The molecule has 1 aliphatic carbocycles. The summed E-state index contributed by atoms with van der Waals surface area (Å²) in [6.07, 6.45) is 3.74. The third-order valence-electron chi connectivity index (χ3n) is 5.83. The van der Waals surface area contributed by atoms with Crippen LogP contribution in [0.3, 0.4) is 0 Å². The van der Waals surface area contributed by atoms with E-state index in [1.54, 1.807) is 11.8 Å². The number of Topliss-reactive ketones (excluding diaryl/α,β-unsaturated/α-hetero) is 1. The highest BCUT2D eigenvalue weighted by molar-refractivity contribution is 5.99. The normalized spacial score (nSPS) is 17.6. The van der Waals surface area contributed by atoms with E-state index >= 15 is 0 Å². The van der Waals surface area contributed by atoms with E-state index < -0.39 is 0 Å². The number of ether oxygens (including phenoxy) is 2. The Bertz CT molecular complexity index is 1160. The van der Waals surface area contributed by atoms with Gasteiger partial charge in [-0.2, -0.15) is 10.1 Å². The molecule has 2 aromatic carbocycles. The second-order valence-electron chi connectivity index (χ2n) is 7.91. The molecule has 1 N–H and O–H groups in total. The Morgan fingerprint density at radius 2 is 1.97 bits per heavy atom. The molecule has 5 rings (SSSR count). The highest BCUT2D eigenvalue weighted by Crippen LogP contribution is 2.41. The number of nitrogens with one attached hydrogen (secondary N) is 1. The quantitative estimate of drug-likeness (QED) is 0.672. The van der Waals surface area contributed by atoms with Gasteiger partial charge in [0.2, 0.25) is 5.95 Å². The first kappa shape index (κ1) is 19.4. The second kappa shape index (κ2) is 7.91. The number of aryl methyl sites for hydroxylation is 1. The van der Waals surface area contributed by atoms with Crippen LogP contribution in [0.25, 0.3) is 0 Å². The predicted octanol–water partition coefficient (Wildman–Crippen LogP) is 4.20. The molecule has 7 nitrogen and oxygen atoms in total. The molecule has 0 fully saturated rings. The minimum atomic E-state index is -0.332. The van der Waals surface area contributed by atoms with Crippen LogP contribution in [0.2, 0.25) is 0 Å². The molecule has 31 heavy (non-hydrogen) atoms. The van der Waals surface area contributed by atoms with Crippen LogP contribution in [0, 0.1) is 6.92 Å². The zero-order valence-corrected chi connectivity index (χ0v) is 17.6. The van der Waals surface area contributed by atoms with Crippen LogP contribution in [0.4, 0.5) is 5.95 Å². The van der Waals surface area contributed by atoms with Crippen molar-refractivity contribution < 1.29 is 14.3 Å². The SMILES string of the molecule is COc1cc([C@H]2C3=C(CCCC3=O)Nc3ncnn32)ccc1OCc1ccc(C)cc1. The number of ketones is 1. The number of carbonyl (C=O) groups excluding carboxylic acids is 1. The molecule has 7 heteroatoms. The summed E-state index contributed by atoms with van der Waals surface area (Å²) in [6, 6.07) is 13.7. The molecule has 0 saturated carbocycles. The summed E-state index contributed by atoms with van der Waals surface area (Å²) in [5.74, 6) is 2.08. The lowest BCUT2D eigenvalue weighted by atomic mass is 9.85. The average molecular weight is 416 g/mol. The van der Waals surface area contributed by atoms with Crippen molar-refractivity contribution in [3.05, 3.63) is 76.8 Å². The van der Waals surface area contributed by atoms with Crippen molar-refractivity contribution in [1.29, 1.82) is 0 Å². The van der Waals surface area contributed by atoms with E-state index in [4.69, 9.17) is 9.47 Å². The summed E-state index contributed by atoms with van der Waals surface area (Å²) in [4.78, 5) is 17.2. The van der Waals surface area contributed by atoms with Gasteiger partial charge in [0.05, 0.1) is 7.11 Å². The minimum absolute atomic E-state index is 0.151. The standard InChI is InChI=1S/C24H24N4O3/c1-15-6-8-16(9-7-15)13-31-20-11-10-17(12-21(20)30-2)23-22-18(4-3-5-19(22)29)27-24-25-14-26-28(23)24/h6-12,14,23H,3-5,13H2,1-2H3,(H,25,26,27)/t23-/m0/s1. The lowest BCUT2D eigenvalue weighted by Gasteiger charge is -2.32. The van der Waals surface area contributed by atoms with E-state index in [0.29, 0.717) is 30.5 Å². The monoisotopic (exact) mass is 416 g/mol. The maximum absolute atomic E-state index is 12.8. The Balaban J connectivity index is 1.48. The van der Waals surface area contributed by atoms with Crippen LogP contribution in [0.1, 0.15) is 42.0 Å². The number of carbonyl (C=O) groups is 1. The molecule has 1 aliphatic heterocycles. The highest BCUT2D eigenvalue weighted by Gasteiger charge is 2.36. The number of anilines is 1. The van der Waals surface area contributed by atoms with Crippen molar-refractivity contribution >= 4 is 11.7 Å². The van der Waals surface area contributed by atoms with Crippen molar-refractivity contribution in [2.45, 2.75) is 38.8 Å². The number of allylic oxidation sites excluding steroid dienone is 2. The Morgan fingerprint density at radius 1 is 1.13 bits per heavy atom. The van der Waals surface area contributed by atoms with Crippen molar-refractivity contribution in [1.82, 2.24) is 14.8 Å². The molecule has 2 aliphatic rings. The topological polar surface area (TPSA) is 78.3 Å². The molecule has 0 spiro atoms. The van der Waals surface area contributed by atoms with E-state index in [0.717, 1.165) is 35.2 Å². The number of nitrogens with zero attached hydrogens (tertiary/aromatic N) is 3. The average Bonchev–Trinajstić information content (AvgIpc) is 3.25. The first-order valence-electron chi connectivity index (χ1n) is 10.4. The summed E-state index contributed by atoms with van der Waals surface area (Å²) in [5, 5.41) is 7.67. The number of fused-ring (bicyclic) bond motifs is 1. The van der Waals surface area contributed by atoms with Gasteiger partial charge in [-0.15, -0.1) is 0 Å². The Hall–Kier alpha value is -3.61. The molecule has 1 atom stereocenters. The van der Waals surface area contributed by atoms with Gasteiger partial charge in [-0.1, -0.05) is 35.9 Å². The third-order valence-corrected chi connectivity index (χ3v) is 5.83.